The van der Waals surface area contributed by atoms with Crippen molar-refractivity contribution in [2.24, 2.45) is 0 Å². The zero-order chi connectivity index (χ0) is 21.1. The molecule has 0 aliphatic rings. The molecule has 4 aromatic rings. The number of aromatic nitrogens is 2. The fraction of sp³-hybridized carbons (Fsp3) is 0.0909. The van der Waals surface area contributed by atoms with Gasteiger partial charge < -0.3 is 14.0 Å². The van der Waals surface area contributed by atoms with E-state index in [2.05, 4.69) is 10.1 Å². The monoisotopic (exact) mass is 428 g/mol. The highest BCUT2D eigenvalue weighted by Gasteiger charge is 2.15. The summed E-state index contributed by atoms with van der Waals surface area (Å²) in [4.78, 5) is 4.42. The zero-order valence-electron chi connectivity index (χ0n) is 15.7. The minimum atomic E-state index is -0.761. The molecule has 3 aromatic carbocycles. The maximum absolute atomic E-state index is 13.7. The number of rotatable bonds is 6. The van der Waals surface area contributed by atoms with Crippen LogP contribution in [0, 0.1) is 11.6 Å². The molecule has 0 unspecified atom stereocenters. The molecule has 8 heteroatoms. The first-order chi connectivity index (χ1) is 14.5. The third-order valence-corrected chi connectivity index (χ3v) is 4.53. The number of ether oxygens (including phenoxy) is 2. The lowest BCUT2D eigenvalue weighted by atomic mass is 10.1. The van der Waals surface area contributed by atoms with Crippen LogP contribution in [0.15, 0.2) is 65.2 Å². The van der Waals surface area contributed by atoms with Gasteiger partial charge in [0, 0.05) is 16.7 Å². The number of hydrogen-bond acceptors (Lipinski definition) is 5. The van der Waals surface area contributed by atoms with Gasteiger partial charge in [-0.1, -0.05) is 28.9 Å². The van der Waals surface area contributed by atoms with Crippen LogP contribution in [-0.2, 0) is 6.61 Å². The second-order valence-corrected chi connectivity index (χ2v) is 6.77. The molecule has 0 radical (unpaired) electrons. The summed E-state index contributed by atoms with van der Waals surface area (Å²) >= 11 is 6.07. The van der Waals surface area contributed by atoms with Crippen molar-refractivity contribution in [3.63, 3.8) is 0 Å². The van der Waals surface area contributed by atoms with Crippen LogP contribution in [0.5, 0.6) is 11.5 Å². The van der Waals surface area contributed by atoms with E-state index in [0.29, 0.717) is 33.6 Å². The van der Waals surface area contributed by atoms with E-state index in [1.54, 1.807) is 43.5 Å². The van der Waals surface area contributed by atoms with Gasteiger partial charge in [-0.25, -0.2) is 8.78 Å². The fourth-order valence-corrected chi connectivity index (χ4v) is 3.02. The molecular formula is C22H15ClF2N2O3. The molecule has 0 bridgehead atoms. The molecule has 0 saturated heterocycles. The summed E-state index contributed by atoms with van der Waals surface area (Å²) in [6.45, 7) is 0.0828. The SMILES string of the molecule is COc1ccc(Cl)cc1-c1noc(-c2cccc(COc3ccc(F)cc3F)c2)n1. The Morgan fingerprint density at radius 2 is 1.83 bits per heavy atom. The Labute approximate surface area is 175 Å². The molecule has 0 aliphatic carbocycles. The summed E-state index contributed by atoms with van der Waals surface area (Å²) in [6.07, 6.45) is 0. The summed E-state index contributed by atoms with van der Waals surface area (Å²) in [5.74, 6) is -0.264. The summed E-state index contributed by atoms with van der Waals surface area (Å²) in [6, 6.07) is 15.5. The molecule has 0 atom stereocenters. The second-order valence-electron chi connectivity index (χ2n) is 6.33. The first-order valence-corrected chi connectivity index (χ1v) is 9.26. The third-order valence-electron chi connectivity index (χ3n) is 4.29. The quantitative estimate of drug-likeness (QED) is 0.381. The molecule has 5 nitrogen and oxygen atoms in total. The Morgan fingerprint density at radius 1 is 1.00 bits per heavy atom. The summed E-state index contributed by atoms with van der Waals surface area (Å²) < 4.78 is 42.9. The van der Waals surface area contributed by atoms with E-state index < -0.39 is 11.6 Å². The molecule has 0 amide bonds. The molecule has 0 spiro atoms. The smallest absolute Gasteiger partial charge is 0.258 e. The Bertz CT molecular complexity index is 1200. The van der Waals surface area contributed by atoms with E-state index in [1.807, 2.05) is 6.07 Å². The van der Waals surface area contributed by atoms with Gasteiger partial charge in [-0.2, -0.15) is 4.98 Å². The molecule has 4 rings (SSSR count). The van der Waals surface area contributed by atoms with Gasteiger partial charge in [0.25, 0.3) is 5.89 Å². The van der Waals surface area contributed by atoms with Crippen LogP contribution in [0.1, 0.15) is 5.56 Å². The van der Waals surface area contributed by atoms with Crippen molar-refractivity contribution >= 4 is 11.6 Å². The molecule has 0 aliphatic heterocycles. The molecule has 0 N–H and O–H groups in total. The van der Waals surface area contributed by atoms with E-state index in [4.69, 9.17) is 25.6 Å². The summed E-state index contributed by atoms with van der Waals surface area (Å²) in [7, 11) is 1.54. The number of benzene rings is 3. The van der Waals surface area contributed by atoms with Gasteiger partial charge >= 0.3 is 0 Å². The fourth-order valence-electron chi connectivity index (χ4n) is 2.85. The van der Waals surface area contributed by atoms with Gasteiger partial charge in [0.15, 0.2) is 11.6 Å². The number of nitrogens with zero attached hydrogens (tertiary/aromatic N) is 2. The molecule has 0 fully saturated rings. The number of hydrogen-bond donors (Lipinski definition) is 0. The van der Waals surface area contributed by atoms with Crippen molar-refractivity contribution in [2.75, 3.05) is 7.11 Å². The molecule has 0 saturated carbocycles. The average Bonchev–Trinajstić information content (AvgIpc) is 3.23. The lowest BCUT2D eigenvalue weighted by Crippen LogP contribution is -1.98. The predicted octanol–water partition coefficient (Wildman–Crippen LogP) is 5.92. The normalized spacial score (nSPS) is 10.8. The standard InChI is InChI=1S/C22H15ClF2N2O3/c1-28-19-7-5-15(23)10-17(19)21-26-22(30-27-21)14-4-2-3-13(9-14)12-29-20-8-6-16(24)11-18(20)25/h2-11H,12H2,1H3. The first kappa shape index (κ1) is 19.8. The maximum Gasteiger partial charge on any atom is 0.258 e. The largest absolute Gasteiger partial charge is 0.496 e. The summed E-state index contributed by atoms with van der Waals surface area (Å²) in [5.41, 5.74) is 2.01. The lowest BCUT2D eigenvalue weighted by molar-refractivity contribution is 0.289. The van der Waals surface area contributed by atoms with Crippen LogP contribution in [0.4, 0.5) is 8.78 Å². The topological polar surface area (TPSA) is 57.4 Å². The Hall–Kier alpha value is -3.45. The summed E-state index contributed by atoms with van der Waals surface area (Å²) in [5, 5.41) is 4.53. The molecule has 152 valence electrons. The Morgan fingerprint density at radius 3 is 2.63 bits per heavy atom. The highest BCUT2D eigenvalue weighted by atomic mass is 35.5. The third kappa shape index (κ3) is 4.26. The van der Waals surface area contributed by atoms with Gasteiger partial charge in [-0.15, -0.1) is 0 Å². The van der Waals surface area contributed by atoms with E-state index in [9.17, 15) is 8.78 Å². The number of halogens is 3. The highest BCUT2D eigenvalue weighted by molar-refractivity contribution is 6.30. The van der Waals surface area contributed by atoms with Gasteiger partial charge in [0.05, 0.1) is 12.7 Å². The first-order valence-electron chi connectivity index (χ1n) is 8.88. The van der Waals surface area contributed by atoms with Crippen LogP contribution in [0.3, 0.4) is 0 Å². The van der Waals surface area contributed by atoms with Gasteiger partial charge in [0.1, 0.15) is 18.2 Å². The van der Waals surface area contributed by atoms with Crippen LogP contribution < -0.4 is 9.47 Å². The van der Waals surface area contributed by atoms with E-state index in [0.717, 1.165) is 17.7 Å². The van der Waals surface area contributed by atoms with E-state index >= 15 is 0 Å². The van der Waals surface area contributed by atoms with Crippen LogP contribution in [0.25, 0.3) is 22.8 Å². The molecule has 30 heavy (non-hydrogen) atoms. The van der Waals surface area contributed by atoms with Crippen LogP contribution in [0.2, 0.25) is 5.02 Å². The van der Waals surface area contributed by atoms with Crippen molar-refractivity contribution in [2.45, 2.75) is 6.61 Å². The maximum atomic E-state index is 13.7. The van der Waals surface area contributed by atoms with E-state index in [-0.39, 0.29) is 12.4 Å². The average molecular weight is 429 g/mol. The van der Waals surface area contributed by atoms with E-state index in [1.165, 1.54) is 6.07 Å². The predicted molar refractivity (Wildman–Crippen MR) is 107 cm³/mol. The lowest BCUT2D eigenvalue weighted by Gasteiger charge is -2.08. The van der Waals surface area contributed by atoms with Gasteiger partial charge in [-0.05, 0) is 48.0 Å². The van der Waals surface area contributed by atoms with Crippen LogP contribution >= 0.6 is 11.6 Å². The van der Waals surface area contributed by atoms with Crippen molar-refractivity contribution in [3.8, 4) is 34.3 Å². The van der Waals surface area contributed by atoms with Gasteiger partial charge in [0.2, 0.25) is 5.82 Å². The molecule has 1 aromatic heterocycles. The minimum Gasteiger partial charge on any atom is -0.496 e. The van der Waals surface area contributed by atoms with Crippen molar-refractivity contribution in [3.05, 3.63) is 82.9 Å². The second kappa shape index (κ2) is 8.51. The Kier molecular flexibility index (Phi) is 5.63. The highest BCUT2D eigenvalue weighted by Crippen LogP contribution is 2.32. The molecule has 1 heterocycles. The zero-order valence-corrected chi connectivity index (χ0v) is 16.5. The number of methoxy groups -OCH3 is 1. The van der Waals surface area contributed by atoms with Gasteiger partial charge in [-0.3, -0.25) is 0 Å². The molecular weight excluding hydrogens is 414 g/mol. The van der Waals surface area contributed by atoms with Crippen molar-refractivity contribution in [1.82, 2.24) is 10.1 Å². The van der Waals surface area contributed by atoms with Crippen molar-refractivity contribution in [1.29, 1.82) is 0 Å². The minimum absolute atomic E-state index is 0.0325. The van der Waals surface area contributed by atoms with Crippen LogP contribution in [-0.4, -0.2) is 17.3 Å². The van der Waals surface area contributed by atoms with Crippen molar-refractivity contribution < 1.29 is 22.8 Å². The Balaban J connectivity index is 1.55.